The first-order valence-electron chi connectivity index (χ1n) is 10.0. The Kier molecular flexibility index (Phi) is 9.09. The Morgan fingerprint density at radius 3 is 2.44 bits per heavy atom. The summed E-state index contributed by atoms with van der Waals surface area (Å²) in [6, 6.07) is 13.2. The Morgan fingerprint density at radius 1 is 1.16 bits per heavy atom. The van der Waals surface area contributed by atoms with Crippen molar-refractivity contribution in [2.24, 2.45) is 0 Å². The zero-order valence-corrected chi connectivity index (χ0v) is 20.9. The van der Waals surface area contributed by atoms with Crippen LogP contribution in [-0.2, 0) is 26.2 Å². The lowest BCUT2D eigenvalue weighted by Crippen LogP contribution is -2.50. The lowest BCUT2D eigenvalue weighted by molar-refractivity contribution is -0.139. The van der Waals surface area contributed by atoms with Gasteiger partial charge in [-0.1, -0.05) is 40.2 Å². The number of hydrogen-bond acceptors (Lipinski definition) is 5. The number of likely N-dealkylation sites (N-methyl/N-ethyl adjacent to an activating group) is 1. The van der Waals surface area contributed by atoms with E-state index >= 15 is 0 Å². The predicted octanol–water partition coefficient (Wildman–Crippen LogP) is 2.78. The third-order valence-corrected chi connectivity index (χ3v) is 6.39. The van der Waals surface area contributed by atoms with Crippen LogP contribution >= 0.6 is 15.9 Å². The lowest BCUT2D eigenvalue weighted by atomic mass is 10.1. The first-order valence-corrected chi connectivity index (χ1v) is 12.7. The van der Waals surface area contributed by atoms with Crippen molar-refractivity contribution in [1.82, 2.24) is 10.2 Å². The highest BCUT2D eigenvalue weighted by Crippen LogP contribution is 2.30. The van der Waals surface area contributed by atoms with Gasteiger partial charge in [-0.15, -0.1) is 0 Å². The summed E-state index contributed by atoms with van der Waals surface area (Å²) < 4.78 is 32.7. The van der Waals surface area contributed by atoms with Crippen LogP contribution in [-0.4, -0.2) is 57.6 Å². The third kappa shape index (κ3) is 6.70. The highest BCUT2D eigenvalue weighted by Gasteiger charge is 2.30. The summed E-state index contributed by atoms with van der Waals surface area (Å²) in [4.78, 5) is 27.1. The van der Waals surface area contributed by atoms with Gasteiger partial charge in [0.05, 0.1) is 18.6 Å². The molecule has 2 aromatic rings. The largest absolute Gasteiger partial charge is 0.492 e. The summed E-state index contributed by atoms with van der Waals surface area (Å²) in [5, 5.41) is 2.54. The Hall–Kier alpha value is -2.59. The minimum Gasteiger partial charge on any atom is -0.492 e. The van der Waals surface area contributed by atoms with Gasteiger partial charge in [0.15, 0.2) is 0 Å². The van der Waals surface area contributed by atoms with Gasteiger partial charge >= 0.3 is 0 Å². The van der Waals surface area contributed by atoms with Gasteiger partial charge in [-0.05, 0) is 43.7 Å². The maximum absolute atomic E-state index is 13.4. The third-order valence-electron chi connectivity index (χ3n) is 4.77. The molecule has 2 aromatic carbocycles. The number of amides is 2. The van der Waals surface area contributed by atoms with E-state index in [1.165, 1.54) is 11.9 Å². The number of benzene rings is 2. The molecule has 1 unspecified atom stereocenters. The number of anilines is 1. The first kappa shape index (κ1) is 25.7. The summed E-state index contributed by atoms with van der Waals surface area (Å²) in [5.41, 5.74) is 1.06. The van der Waals surface area contributed by atoms with E-state index in [9.17, 15) is 18.0 Å². The van der Waals surface area contributed by atoms with Crippen molar-refractivity contribution >= 4 is 43.5 Å². The molecule has 1 atom stereocenters. The fraction of sp³-hybridized carbons (Fsp3) is 0.364. The highest BCUT2D eigenvalue weighted by atomic mass is 79.9. The molecule has 0 saturated heterocycles. The molecular weight excluding hydrogens is 498 g/mol. The Morgan fingerprint density at radius 2 is 1.84 bits per heavy atom. The zero-order valence-electron chi connectivity index (χ0n) is 18.5. The molecule has 0 aliphatic heterocycles. The molecule has 0 radical (unpaired) electrons. The van der Waals surface area contributed by atoms with Gasteiger partial charge in [0.25, 0.3) is 0 Å². The normalized spacial score (nSPS) is 12.0. The topological polar surface area (TPSA) is 96.0 Å². The van der Waals surface area contributed by atoms with Crippen LogP contribution in [0.25, 0.3) is 0 Å². The number of sulfonamides is 1. The highest BCUT2D eigenvalue weighted by molar-refractivity contribution is 9.10. The Labute approximate surface area is 197 Å². The number of halogens is 1. The Bertz CT molecular complexity index is 1060. The number of para-hydroxylation sites is 2. The maximum atomic E-state index is 13.4. The van der Waals surface area contributed by atoms with E-state index in [0.29, 0.717) is 12.4 Å². The molecule has 1 N–H and O–H groups in total. The predicted molar refractivity (Wildman–Crippen MR) is 128 cm³/mol. The van der Waals surface area contributed by atoms with Crippen LogP contribution in [0.5, 0.6) is 5.75 Å². The number of carbonyl (C=O) groups excluding carboxylic acids is 2. The standard InChI is InChI=1S/C22H28BrN3O5S/c1-5-31-20-12-7-6-11-19(20)26(32(4,29)30)15-21(27)25(16(2)22(28)24-3)14-17-9-8-10-18(23)13-17/h6-13,16H,5,14-15H2,1-4H3,(H,24,28). The van der Waals surface area contributed by atoms with Crippen LogP contribution in [0, 0.1) is 0 Å². The Balaban J connectivity index is 2.43. The average molecular weight is 526 g/mol. The van der Waals surface area contributed by atoms with Gasteiger partial charge in [0, 0.05) is 18.1 Å². The molecule has 0 aliphatic carbocycles. The van der Waals surface area contributed by atoms with Crippen molar-refractivity contribution in [3.63, 3.8) is 0 Å². The first-order chi connectivity index (χ1) is 15.1. The monoisotopic (exact) mass is 525 g/mol. The van der Waals surface area contributed by atoms with Crippen molar-refractivity contribution in [2.75, 3.05) is 30.8 Å². The van der Waals surface area contributed by atoms with Crippen LogP contribution in [0.15, 0.2) is 53.0 Å². The maximum Gasteiger partial charge on any atom is 0.244 e. The van der Waals surface area contributed by atoms with Crippen LogP contribution in [0.4, 0.5) is 5.69 Å². The molecule has 0 aromatic heterocycles. The van der Waals surface area contributed by atoms with E-state index in [0.717, 1.165) is 20.6 Å². The second-order valence-electron chi connectivity index (χ2n) is 7.11. The van der Waals surface area contributed by atoms with Crippen molar-refractivity contribution in [1.29, 1.82) is 0 Å². The van der Waals surface area contributed by atoms with Gasteiger partial charge in [0.2, 0.25) is 21.8 Å². The van der Waals surface area contributed by atoms with Gasteiger partial charge in [-0.25, -0.2) is 8.42 Å². The van der Waals surface area contributed by atoms with Gasteiger partial charge < -0.3 is 15.0 Å². The van der Waals surface area contributed by atoms with E-state index in [1.54, 1.807) is 38.1 Å². The molecular formula is C22H28BrN3O5S. The number of carbonyl (C=O) groups is 2. The molecule has 0 saturated carbocycles. The molecule has 0 spiro atoms. The molecule has 0 aliphatic rings. The summed E-state index contributed by atoms with van der Waals surface area (Å²) in [5.74, 6) is -0.516. The molecule has 32 heavy (non-hydrogen) atoms. The minimum atomic E-state index is -3.82. The second-order valence-corrected chi connectivity index (χ2v) is 9.93. The zero-order chi connectivity index (χ0) is 23.9. The fourth-order valence-corrected chi connectivity index (χ4v) is 4.46. The van der Waals surface area contributed by atoms with Gasteiger partial charge in [-0.3, -0.25) is 13.9 Å². The fourth-order valence-electron chi connectivity index (χ4n) is 3.16. The van der Waals surface area contributed by atoms with Gasteiger partial charge in [-0.2, -0.15) is 0 Å². The minimum absolute atomic E-state index is 0.136. The molecule has 8 nitrogen and oxygen atoms in total. The average Bonchev–Trinajstić information content (AvgIpc) is 2.74. The lowest BCUT2D eigenvalue weighted by Gasteiger charge is -2.31. The smallest absolute Gasteiger partial charge is 0.244 e. The number of hydrogen-bond donors (Lipinski definition) is 1. The summed E-state index contributed by atoms with van der Waals surface area (Å²) in [6.45, 7) is 3.40. The van der Waals surface area contributed by atoms with E-state index in [1.807, 2.05) is 24.3 Å². The van der Waals surface area contributed by atoms with Crippen LogP contribution in [0.2, 0.25) is 0 Å². The summed E-state index contributed by atoms with van der Waals surface area (Å²) in [7, 11) is -2.33. The van der Waals surface area contributed by atoms with Crippen molar-refractivity contribution in [3.05, 3.63) is 58.6 Å². The van der Waals surface area contributed by atoms with E-state index in [-0.39, 0.29) is 18.1 Å². The van der Waals surface area contributed by atoms with E-state index in [2.05, 4.69) is 21.2 Å². The number of nitrogens with zero attached hydrogens (tertiary/aromatic N) is 2. The molecule has 0 bridgehead atoms. The van der Waals surface area contributed by atoms with E-state index in [4.69, 9.17) is 4.74 Å². The quantitative estimate of drug-likeness (QED) is 0.514. The van der Waals surface area contributed by atoms with E-state index < -0.39 is 28.5 Å². The van der Waals surface area contributed by atoms with Crippen LogP contribution in [0.3, 0.4) is 0 Å². The second kappa shape index (κ2) is 11.3. The number of ether oxygens (including phenoxy) is 1. The number of nitrogens with one attached hydrogen (secondary N) is 1. The van der Waals surface area contributed by atoms with Crippen molar-refractivity contribution in [3.8, 4) is 5.75 Å². The summed E-state index contributed by atoms with van der Waals surface area (Å²) >= 11 is 3.40. The molecule has 2 amide bonds. The number of rotatable bonds is 10. The van der Waals surface area contributed by atoms with Gasteiger partial charge in [0.1, 0.15) is 18.3 Å². The van der Waals surface area contributed by atoms with Crippen LogP contribution < -0.4 is 14.4 Å². The molecule has 2 rings (SSSR count). The molecule has 10 heteroatoms. The molecule has 0 fully saturated rings. The SMILES string of the molecule is CCOc1ccccc1N(CC(=O)N(Cc1cccc(Br)c1)C(C)C(=O)NC)S(C)(=O)=O. The van der Waals surface area contributed by atoms with Crippen molar-refractivity contribution < 1.29 is 22.7 Å². The summed E-state index contributed by atoms with van der Waals surface area (Å²) in [6.07, 6.45) is 1.03. The molecule has 0 heterocycles. The van der Waals surface area contributed by atoms with Crippen LogP contribution in [0.1, 0.15) is 19.4 Å². The van der Waals surface area contributed by atoms with Crippen molar-refractivity contribution in [2.45, 2.75) is 26.4 Å². The molecule has 174 valence electrons.